The number of rotatable bonds is 3. The number of nitrogens with zero attached hydrogens (tertiary/aromatic N) is 2. The van der Waals surface area contributed by atoms with Gasteiger partial charge < -0.3 is 5.32 Å². The number of thiophene rings is 1. The van der Waals surface area contributed by atoms with Gasteiger partial charge in [-0.05, 0) is 45.9 Å². The van der Waals surface area contributed by atoms with Crippen molar-refractivity contribution in [3.63, 3.8) is 0 Å². The zero-order valence-corrected chi connectivity index (χ0v) is 15.8. The van der Waals surface area contributed by atoms with Crippen LogP contribution in [0.5, 0.6) is 0 Å². The first-order chi connectivity index (χ1) is 12.1. The summed E-state index contributed by atoms with van der Waals surface area (Å²) in [7, 11) is 0. The molecule has 1 N–H and O–H groups in total. The Morgan fingerprint density at radius 1 is 1.16 bits per heavy atom. The molecule has 1 aromatic carbocycles. The van der Waals surface area contributed by atoms with Gasteiger partial charge in [0.25, 0.3) is 5.91 Å². The van der Waals surface area contributed by atoms with E-state index >= 15 is 0 Å². The number of hydrogen-bond donors (Lipinski definition) is 1. The maximum atomic E-state index is 12.7. The molecule has 0 fully saturated rings. The Balaban J connectivity index is 1.87. The van der Waals surface area contributed by atoms with E-state index in [0.29, 0.717) is 10.7 Å². The molecule has 0 saturated heterocycles. The maximum absolute atomic E-state index is 12.7. The van der Waals surface area contributed by atoms with Crippen molar-refractivity contribution in [3.8, 4) is 11.3 Å². The van der Waals surface area contributed by atoms with Crippen molar-refractivity contribution < 1.29 is 4.79 Å². The predicted octanol–water partition coefficient (Wildman–Crippen LogP) is 5.39. The normalized spacial score (nSPS) is 11.0. The second kappa shape index (κ2) is 6.46. The first-order valence-corrected chi connectivity index (χ1v) is 9.39. The molecule has 0 aliphatic carbocycles. The van der Waals surface area contributed by atoms with Crippen LogP contribution < -0.4 is 5.32 Å². The summed E-state index contributed by atoms with van der Waals surface area (Å²) >= 11 is 4.82. The van der Waals surface area contributed by atoms with Gasteiger partial charge in [-0.3, -0.25) is 9.20 Å². The number of aromatic nitrogens is 2. The van der Waals surface area contributed by atoms with Crippen LogP contribution >= 0.6 is 27.3 Å². The predicted molar refractivity (Wildman–Crippen MR) is 105 cm³/mol. The van der Waals surface area contributed by atoms with Crippen molar-refractivity contribution in [1.29, 1.82) is 0 Å². The fourth-order valence-corrected chi connectivity index (χ4v) is 4.13. The van der Waals surface area contributed by atoms with Gasteiger partial charge in [0.15, 0.2) is 0 Å². The Kier molecular flexibility index (Phi) is 4.15. The summed E-state index contributed by atoms with van der Waals surface area (Å²) in [5.41, 5.74) is 3.61. The third-order valence-corrected chi connectivity index (χ3v) is 5.71. The average Bonchev–Trinajstić information content (AvgIpc) is 3.20. The molecule has 4 nitrogen and oxygen atoms in total. The van der Waals surface area contributed by atoms with Gasteiger partial charge in [-0.15, -0.1) is 11.3 Å². The Morgan fingerprint density at radius 3 is 2.68 bits per heavy atom. The molecule has 4 aromatic rings. The van der Waals surface area contributed by atoms with Crippen molar-refractivity contribution in [2.24, 2.45) is 0 Å². The van der Waals surface area contributed by atoms with E-state index in [1.165, 1.54) is 11.3 Å². The SMILES string of the molecule is Cc1ccc2nc(-c3ccccc3)c(NC(=O)c3sccc3Br)n2c1. The number of nitrogens with one attached hydrogen (secondary N) is 1. The van der Waals surface area contributed by atoms with Crippen molar-refractivity contribution >= 4 is 44.6 Å². The van der Waals surface area contributed by atoms with Gasteiger partial charge >= 0.3 is 0 Å². The molecule has 0 unspecified atom stereocenters. The lowest BCUT2D eigenvalue weighted by atomic mass is 10.1. The van der Waals surface area contributed by atoms with Gasteiger partial charge in [0.2, 0.25) is 0 Å². The van der Waals surface area contributed by atoms with Gasteiger partial charge in [0, 0.05) is 16.2 Å². The molecule has 0 aliphatic heterocycles. The maximum Gasteiger partial charge on any atom is 0.268 e. The Morgan fingerprint density at radius 2 is 1.96 bits per heavy atom. The number of pyridine rings is 1. The van der Waals surface area contributed by atoms with Crippen molar-refractivity contribution in [2.45, 2.75) is 6.92 Å². The number of fused-ring (bicyclic) bond motifs is 1. The molecule has 0 bridgehead atoms. The smallest absolute Gasteiger partial charge is 0.268 e. The fourth-order valence-electron chi connectivity index (χ4n) is 2.69. The molecule has 3 aromatic heterocycles. The number of imidazole rings is 1. The molecule has 6 heteroatoms. The third-order valence-electron chi connectivity index (χ3n) is 3.87. The summed E-state index contributed by atoms with van der Waals surface area (Å²) in [6.45, 7) is 2.02. The van der Waals surface area contributed by atoms with Crippen LogP contribution in [-0.2, 0) is 0 Å². The number of carbonyl (C=O) groups is 1. The monoisotopic (exact) mass is 411 g/mol. The van der Waals surface area contributed by atoms with Crippen molar-refractivity contribution in [1.82, 2.24) is 9.38 Å². The van der Waals surface area contributed by atoms with E-state index in [0.717, 1.165) is 26.9 Å². The first kappa shape index (κ1) is 16.1. The zero-order chi connectivity index (χ0) is 17.4. The van der Waals surface area contributed by atoms with Crippen molar-refractivity contribution in [3.05, 3.63) is 75.0 Å². The molecular weight excluding hydrogens is 398 g/mol. The summed E-state index contributed by atoms with van der Waals surface area (Å²) in [6.07, 6.45) is 1.98. The summed E-state index contributed by atoms with van der Waals surface area (Å²) in [6, 6.07) is 15.7. The molecule has 0 atom stereocenters. The van der Waals surface area contributed by atoms with Gasteiger partial charge in [-0.25, -0.2) is 4.98 Å². The Bertz CT molecular complexity index is 1070. The Labute approximate surface area is 157 Å². The molecular formula is C19H14BrN3OS. The Hall–Kier alpha value is -2.44. The van der Waals surface area contributed by atoms with E-state index in [4.69, 9.17) is 4.98 Å². The van der Waals surface area contributed by atoms with Gasteiger partial charge in [-0.2, -0.15) is 0 Å². The van der Waals surface area contributed by atoms with Crippen LogP contribution in [0.3, 0.4) is 0 Å². The minimum Gasteiger partial charge on any atom is -0.305 e. The van der Waals surface area contributed by atoms with Gasteiger partial charge in [0.05, 0.1) is 0 Å². The van der Waals surface area contributed by atoms with Crippen LogP contribution in [0.1, 0.15) is 15.2 Å². The van der Waals surface area contributed by atoms with E-state index in [1.807, 2.05) is 71.4 Å². The number of hydrogen-bond acceptors (Lipinski definition) is 3. The number of carbonyl (C=O) groups excluding carboxylic acids is 1. The fraction of sp³-hybridized carbons (Fsp3) is 0.0526. The molecule has 124 valence electrons. The summed E-state index contributed by atoms with van der Waals surface area (Å²) in [5.74, 6) is 0.526. The number of anilines is 1. The van der Waals surface area contributed by atoms with E-state index in [2.05, 4.69) is 21.2 Å². The minimum absolute atomic E-state index is 0.151. The highest BCUT2D eigenvalue weighted by Gasteiger charge is 2.19. The van der Waals surface area contributed by atoms with Crippen LogP contribution in [0, 0.1) is 6.92 Å². The van der Waals surface area contributed by atoms with Crippen LogP contribution in [-0.4, -0.2) is 15.3 Å². The molecule has 0 spiro atoms. The minimum atomic E-state index is -0.151. The summed E-state index contributed by atoms with van der Waals surface area (Å²) in [4.78, 5) is 18.1. The van der Waals surface area contributed by atoms with Crippen molar-refractivity contribution in [2.75, 3.05) is 5.32 Å². The van der Waals surface area contributed by atoms with Crippen LogP contribution in [0.2, 0.25) is 0 Å². The lowest BCUT2D eigenvalue weighted by Crippen LogP contribution is -2.13. The number of benzene rings is 1. The third kappa shape index (κ3) is 2.99. The second-order valence-corrected chi connectivity index (χ2v) is 7.43. The molecule has 1 amide bonds. The first-order valence-electron chi connectivity index (χ1n) is 7.72. The molecule has 0 aliphatic rings. The van der Waals surface area contributed by atoms with E-state index in [1.54, 1.807) is 0 Å². The average molecular weight is 412 g/mol. The largest absolute Gasteiger partial charge is 0.305 e. The lowest BCUT2D eigenvalue weighted by Gasteiger charge is -2.08. The number of halogens is 1. The van der Waals surface area contributed by atoms with Crippen LogP contribution in [0.15, 0.2) is 64.6 Å². The molecule has 25 heavy (non-hydrogen) atoms. The standard InChI is InChI=1S/C19H14BrN3OS/c1-12-7-8-15-21-16(13-5-3-2-4-6-13)18(23(15)11-12)22-19(24)17-14(20)9-10-25-17/h2-11H,1H3,(H,22,24). The van der Waals surface area contributed by atoms with E-state index in [9.17, 15) is 4.79 Å². The molecule has 0 saturated carbocycles. The highest BCUT2D eigenvalue weighted by atomic mass is 79.9. The van der Waals surface area contributed by atoms with Gasteiger partial charge in [-0.1, -0.05) is 36.4 Å². The number of aryl methyl sites for hydroxylation is 1. The second-order valence-electron chi connectivity index (χ2n) is 5.66. The molecule has 4 rings (SSSR count). The highest BCUT2D eigenvalue weighted by Crippen LogP contribution is 2.31. The van der Waals surface area contributed by atoms with E-state index < -0.39 is 0 Å². The van der Waals surface area contributed by atoms with Crippen LogP contribution in [0.4, 0.5) is 5.82 Å². The van der Waals surface area contributed by atoms with E-state index in [-0.39, 0.29) is 5.91 Å². The summed E-state index contributed by atoms with van der Waals surface area (Å²) < 4.78 is 2.72. The quantitative estimate of drug-likeness (QED) is 0.491. The molecule has 0 radical (unpaired) electrons. The number of amides is 1. The molecule has 3 heterocycles. The highest BCUT2D eigenvalue weighted by molar-refractivity contribution is 9.10. The van der Waals surface area contributed by atoms with Crippen LogP contribution in [0.25, 0.3) is 16.9 Å². The van der Waals surface area contributed by atoms with Gasteiger partial charge in [0.1, 0.15) is 22.0 Å². The summed E-state index contributed by atoms with van der Waals surface area (Å²) in [5, 5.41) is 4.93. The lowest BCUT2D eigenvalue weighted by molar-refractivity contribution is 0.102. The zero-order valence-electron chi connectivity index (χ0n) is 13.4. The topological polar surface area (TPSA) is 46.4 Å².